The van der Waals surface area contributed by atoms with Crippen LogP contribution in [0.5, 0.6) is 0 Å². The zero-order chi connectivity index (χ0) is 13.3. The Morgan fingerprint density at radius 2 is 2.00 bits per heavy atom. The van der Waals surface area contributed by atoms with E-state index in [1.165, 1.54) is 19.3 Å². The normalized spacial score (nSPS) is 19.9. The Bertz CT molecular complexity index is 420. The lowest BCUT2D eigenvalue weighted by molar-refractivity contribution is 0.325. The van der Waals surface area contributed by atoms with E-state index < -0.39 is 0 Å². The van der Waals surface area contributed by atoms with Crippen molar-refractivity contribution in [2.75, 3.05) is 23.7 Å². The molecule has 2 N–H and O–H groups in total. The van der Waals surface area contributed by atoms with Gasteiger partial charge >= 0.3 is 0 Å². The molecule has 0 saturated carbocycles. The van der Waals surface area contributed by atoms with Crippen LogP contribution in [0.2, 0.25) is 0 Å². The van der Waals surface area contributed by atoms with Crippen LogP contribution in [-0.4, -0.2) is 22.9 Å². The van der Waals surface area contributed by atoms with Crippen molar-refractivity contribution in [3.63, 3.8) is 0 Å². The van der Waals surface area contributed by atoms with Gasteiger partial charge in [-0.05, 0) is 31.1 Å². The molecule has 0 aliphatic carbocycles. The quantitative estimate of drug-likeness (QED) is 0.877. The highest BCUT2D eigenvalue weighted by atomic mass is 15.4. The van der Waals surface area contributed by atoms with Crippen LogP contribution in [0.15, 0.2) is 0 Å². The molecule has 4 heteroatoms. The molecule has 0 bridgehead atoms. The third kappa shape index (κ3) is 2.47. The Morgan fingerprint density at radius 3 is 2.61 bits per heavy atom. The first-order chi connectivity index (χ1) is 8.44. The Labute approximate surface area is 110 Å². The number of nitrogens with two attached hydrogens (primary N) is 1. The van der Waals surface area contributed by atoms with Crippen molar-refractivity contribution in [2.45, 2.75) is 46.5 Å². The highest BCUT2D eigenvalue weighted by Gasteiger charge is 2.26. The molecule has 1 aliphatic heterocycles. The van der Waals surface area contributed by atoms with Crippen LogP contribution in [0, 0.1) is 5.41 Å². The maximum absolute atomic E-state index is 6.24. The van der Waals surface area contributed by atoms with Crippen molar-refractivity contribution in [2.24, 2.45) is 12.5 Å². The fourth-order valence-corrected chi connectivity index (χ4v) is 2.86. The maximum atomic E-state index is 6.24. The summed E-state index contributed by atoms with van der Waals surface area (Å²) in [5, 5.41) is 4.52. The van der Waals surface area contributed by atoms with E-state index in [1.54, 1.807) is 0 Å². The monoisotopic (exact) mass is 250 g/mol. The Kier molecular flexibility index (Phi) is 3.55. The summed E-state index contributed by atoms with van der Waals surface area (Å²) in [7, 11) is 2.00. The summed E-state index contributed by atoms with van der Waals surface area (Å²) >= 11 is 0. The molecule has 1 aromatic heterocycles. The van der Waals surface area contributed by atoms with E-state index in [0.717, 1.165) is 36.7 Å². The van der Waals surface area contributed by atoms with Crippen molar-refractivity contribution in [3.05, 3.63) is 5.69 Å². The number of rotatable bonds is 2. The van der Waals surface area contributed by atoms with Gasteiger partial charge in [0, 0.05) is 20.1 Å². The second-order valence-corrected chi connectivity index (χ2v) is 6.17. The number of aromatic nitrogens is 2. The van der Waals surface area contributed by atoms with Gasteiger partial charge in [-0.25, -0.2) is 0 Å². The standard InChI is InChI=1S/C14H26N4/c1-5-11-12(15)13(17(4)16-11)18-9-6-7-14(2,3)8-10-18/h5-10,15H2,1-4H3. The summed E-state index contributed by atoms with van der Waals surface area (Å²) in [4.78, 5) is 2.41. The highest BCUT2D eigenvalue weighted by molar-refractivity contribution is 5.66. The predicted octanol–water partition coefficient (Wildman–Crippen LogP) is 2.58. The Morgan fingerprint density at radius 1 is 1.28 bits per heavy atom. The summed E-state index contributed by atoms with van der Waals surface area (Å²) in [5.41, 5.74) is 8.59. The minimum absolute atomic E-state index is 0.454. The molecule has 0 atom stereocenters. The average Bonchev–Trinajstić information content (AvgIpc) is 2.47. The lowest BCUT2D eigenvalue weighted by Gasteiger charge is -2.25. The molecule has 1 saturated heterocycles. The summed E-state index contributed by atoms with van der Waals surface area (Å²) < 4.78 is 1.95. The van der Waals surface area contributed by atoms with Crippen LogP contribution in [0.1, 0.15) is 45.7 Å². The van der Waals surface area contributed by atoms with Gasteiger partial charge in [0.05, 0.1) is 11.4 Å². The largest absolute Gasteiger partial charge is 0.394 e. The molecule has 0 unspecified atom stereocenters. The zero-order valence-corrected chi connectivity index (χ0v) is 12.2. The highest BCUT2D eigenvalue weighted by Crippen LogP contribution is 2.34. The van der Waals surface area contributed by atoms with Crippen LogP contribution in [-0.2, 0) is 13.5 Å². The smallest absolute Gasteiger partial charge is 0.150 e. The maximum Gasteiger partial charge on any atom is 0.150 e. The van der Waals surface area contributed by atoms with Crippen LogP contribution in [0.4, 0.5) is 11.5 Å². The molecule has 1 aliphatic rings. The van der Waals surface area contributed by atoms with Crippen molar-refractivity contribution >= 4 is 11.5 Å². The fourth-order valence-electron chi connectivity index (χ4n) is 2.86. The summed E-state index contributed by atoms with van der Waals surface area (Å²) in [6.07, 6.45) is 4.65. The second-order valence-electron chi connectivity index (χ2n) is 6.17. The summed E-state index contributed by atoms with van der Waals surface area (Å²) in [6.45, 7) is 9.01. The van der Waals surface area contributed by atoms with Crippen LogP contribution in [0.3, 0.4) is 0 Å². The molecule has 1 fully saturated rings. The first-order valence-corrected chi connectivity index (χ1v) is 7.01. The molecule has 0 radical (unpaired) electrons. The van der Waals surface area contributed by atoms with Crippen molar-refractivity contribution in [1.29, 1.82) is 0 Å². The van der Waals surface area contributed by atoms with E-state index in [9.17, 15) is 0 Å². The van der Waals surface area contributed by atoms with E-state index in [1.807, 2.05) is 11.7 Å². The number of nitrogen functional groups attached to an aromatic ring is 1. The fraction of sp³-hybridized carbons (Fsp3) is 0.786. The molecule has 18 heavy (non-hydrogen) atoms. The van der Waals surface area contributed by atoms with E-state index in [2.05, 4.69) is 30.8 Å². The molecule has 2 rings (SSSR count). The molecule has 0 amide bonds. The number of nitrogens with zero attached hydrogens (tertiary/aromatic N) is 3. The van der Waals surface area contributed by atoms with Gasteiger partial charge in [-0.2, -0.15) is 5.10 Å². The number of aryl methyl sites for hydroxylation is 2. The van der Waals surface area contributed by atoms with E-state index >= 15 is 0 Å². The topological polar surface area (TPSA) is 47.1 Å². The van der Waals surface area contributed by atoms with Gasteiger partial charge in [-0.1, -0.05) is 20.8 Å². The summed E-state index contributed by atoms with van der Waals surface area (Å²) in [6, 6.07) is 0. The van der Waals surface area contributed by atoms with E-state index in [0.29, 0.717) is 5.41 Å². The second kappa shape index (κ2) is 4.82. The molecule has 1 aromatic rings. The van der Waals surface area contributed by atoms with Crippen LogP contribution in [0.25, 0.3) is 0 Å². The first-order valence-electron chi connectivity index (χ1n) is 7.01. The molecule has 2 heterocycles. The average molecular weight is 250 g/mol. The predicted molar refractivity (Wildman–Crippen MR) is 76.8 cm³/mol. The van der Waals surface area contributed by atoms with Gasteiger partial charge in [0.15, 0.2) is 0 Å². The van der Waals surface area contributed by atoms with Crippen molar-refractivity contribution in [1.82, 2.24) is 9.78 Å². The van der Waals surface area contributed by atoms with Gasteiger partial charge in [-0.15, -0.1) is 0 Å². The van der Waals surface area contributed by atoms with Crippen LogP contribution >= 0.6 is 0 Å². The van der Waals surface area contributed by atoms with Crippen LogP contribution < -0.4 is 10.6 Å². The van der Waals surface area contributed by atoms with Gasteiger partial charge in [0.2, 0.25) is 0 Å². The molecular formula is C14H26N4. The van der Waals surface area contributed by atoms with Gasteiger partial charge in [-0.3, -0.25) is 4.68 Å². The SMILES string of the molecule is CCc1nn(C)c(N2CCCC(C)(C)CC2)c1N. The van der Waals surface area contributed by atoms with E-state index in [4.69, 9.17) is 5.73 Å². The number of hydrogen-bond donors (Lipinski definition) is 1. The molecule has 102 valence electrons. The molecule has 0 aromatic carbocycles. The lowest BCUT2D eigenvalue weighted by Crippen LogP contribution is -2.27. The van der Waals surface area contributed by atoms with Gasteiger partial charge in [0.25, 0.3) is 0 Å². The van der Waals surface area contributed by atoms with E-state index in [-0.39, 0.29) is 0 Å². The minimum atomic E-state index is 0.454. The zero-order valence-electron chi connectivity index (χ0n) is 12.2. The third-order valence-electron chi connectivity index (χ3n) is 4.10. The number of anilines is 2. The molecule has 4 nitrogen and oxygen atoms in total. The Balaban J connectivity index is 2.24. The van der Waals surface area contributed by atoms with Crippen molar-refractivity contribution in [3.8, 4) is 0 Å². The molecular weight excluding hydrogens is 224 g/mol. The first kappa shape index (κ1) is 13.2. The van der Waals surface area contributed by atoms with Gasteiger partial charge < -0.3 is 10.6 Å². The third-order valence-corrected chi connectivity index (χ3v) is 4.10. The summed E-state index contributed by atoms with van der Waals surface area (Å²) in [5.74, 6) is 1.12. The van der Waals surface area contributed by atoms with Crippen molar-refractivity contribution < 1.29 is 0 Å². The Hall–Kier alpha value is -1.19. The minimum Gasteiger partial charge on any atom is -0.394 e. The molecule has 0 spiro atoms. The van der Waals surface area contributed by atoms with Gasteiger partial charge in [0.1, 0.15) is 5.82 Å². The number of hydrogen-bond acceptors (Lipinski definition) is 3. The lowest BCUT2D eigenvalue weighted by atomic mass is 9.85.